The predicted octanol–water partition coefficient (Wildman–Crippen LogP) is 4.15. The molecule has 2 aliphatic rings. The third kappa shape index (κ3) is 4.43. The van der Waals surface area contributed by atoms with Crippen molar-refractivity contribution in [2.24, 2.45) is 17.8 Å². The molecule has 4 rings (SSSR count). The fourth-order valence-electron chi connectivity index (χ4n) is 4.89. The van der Waals surface area contributed by atoms with Crippen LogP contribution in [0.15, 0.2) is 48.0 Å². The van der Waals surface area contributed by atoms with Gasteiger partial charge < -0.3 is 19.9 Å². The minimum atomic E-state index is -0.957. The van der Waals surface area contributed by atoms with Crippen molar-refractivity contribution in [3.63, 3.8) is 0 Å². The summed E-state index contributed by atoms with van der Waals surface area (Å²) in [4.78, 5) is 24.1. The van der Waals surface area contributed by atoms with E-state index in [9.17, 15) is 9.59 Å². The van der Waals surface area contributed by atoms with Gasteiger partial charge in [-0.15, -0.1) is 0 Å². The molecule has 0 aromatic heterocycles. The second kappa shape index (κ2) is 8.84. The fourth-order valence-corrected chi connectivity index (χ4v) is 4.89. The van der Waals surface area contributed by atoms with Crippen LogP contribution in [0.2, 0.25) is 0 Å². The highest BCUT2D eigenvalue weighted by Gasteiger charge is 2.46. The smallest absolute Gasteiger partial charge is 0.335 e. The van der Waals surface area contributed by atoms with Crippen LogP contribution in [0.5, 0.6) is 11.5 Å². The van der Waals surface area contributed by atoms with Crippen LogP contribution in [0.1, 0.15) is 40.7 Å². The first-order valence-electron chi connectivity index (χ1n) is 10.5. The van der Waals surface area contributed by atoms with Crippen LogP contribution in [0, 0.1) is 17.8 Å². The van der Waals surface area contributed by atoms with Crippen molar-refractivity contribution < 1.29 is 24.2 Å². The number of nitrogens with one attached hydrogen (secondary N) is 1. The molecule has 0 saturated heterocycles. The summed E-state index contributed by atoms with van der Waals surface area (Å²) in [5.41, 5.74) is 3.28. The lowest BCUT2D eigenvalue weighted by Gasteiger charge is -2.24. The van der Waals surface area contributed by atoms with Gasteiger partial charge in [0.1, 0.15) is 11.5 Å². The summed E-state index contributed by atoms with van der Waals surface area (Å²) in [6.07, 6.45) is 5.38. The van der Waals surface area contributed by atoms with E-state index < -0.39 is 5.97 Å². The molecular weight excluding hydrogens is 394 g/mol. The molecule has 31 heavy (non-hydrogen) atoms. The van der Waals surface area contributed by atoms with Crippen LogP contribution in [-0.2, 0) is 11.3 Å². The quantitative estimate of drug-likeness (QED) is 0.702. The van der Waals surface area contributed by atoms with Gasteiger partial charge in [-0.1, -0.05) is 23.8 Å². The molecular formula is C25H27NO5. The van der Waals surface area contributed by atoms with Crippen molar-refractivity contribution >= 4 is 18.0 Å². The van der Waals surface area contributed by atoms with Crippen molar-refractivity contribution in [2.45, 2.75) is 25.8 Å². The number of fused-ring (bicyclic) bond motifs is 2. The first kappa shape index (κ1) is 21.0. The zero-order valence-corrected chi connectivity index (χ0v) is 17.8. The lowest BCUT2D eigenvalue weighted by Crippen LogP contribution is -2.34. The number of hydrogen-bond acceptors (Lipinski definition) is 4. The molecule has 2 bridgehead atoms. The van der Waals surface area contributed by atoms with Crippen LogP contribution >= 0.6 is 0 Å². The number of carboxylic acids is 1. The molecule has 3 atom stereocenters. The van der Waals surface area contributed by atoms with Gasteiger partial charge in [-0.05, 0) is 66.5 Å². The van der Waals surface area contributed by atoms with E-state index in [0.29, 0.717) is 18.4 Å². The molecule has 2 aliphatic carbocycles. The summed E-state index contributed by atoms with van der Waals surface area (Å²) >= 11 is 0. The monoisotopic (exact) mass is 421 g/mol. The van der Waals surface area contributed by atoms with E-state index in [0.717, 1.165) is 41.9 Å². The Labute approximate surface area is 181 Å². The molecule has 162 valence electrons. The maximum Gasteiger partial charge on any atom is 0.335 e. The van der Waals surface area contributed by atoms with E-state index in [1.165, 1.54) is 5.57 Å². The first-order chi connectivity index (χ1) is 15.0. The minimum absolute atomic E-state index is 0.0376. The normalized spacial score (nSPS) is 23.0. The van der Waals surface area contributed by atoms with E-state index in [1.54, 1.807) is 38.5 Å². The predicted molar refractivity (Wildman–Crippen MR) is 117 cm³/mol. The van der Waals surface area contributed by atoms with E-state index in [1.807, 2.05) is 18.2 Å². The topological polar surface area (TPSA) is 84.9 Å². The van der Waals surface area contributed by atoms with Crippen LogP contribution in [0.4, 0.5) is 0 Å². The highest BCUT2D eigenvalue weighted by molar-refractivity contribution is 5.87. The largest absolute Gasteiger partial charge is 0.497 e. The Balaban J connectivity index is 1.52. The molecule has 6 heteroatoms. The highest BCUT2D eigenvalue weighted by Crippen LogP contribution is 2.52. The van der Waals surface area contributed by atoms with Gasteiger partial charge in [0.2, 0.25) is 5.91 Å². The molecule has 2 N–H and O–H groups in total. The SMILES string of the molecule is COc1cc(C=C2C3CCC(C3)C2C(=O)NCc2ccc(C(=O)O)cc2)cc(OC)c1. The average Bonchev–Trinajstić information content (AvgIpc) is 3.39. The molecule has 1 amide bonds. The van der Waals surface area contributed by atoms with E-state index >= 15 is 0 Å². The lowest BCUT2D eigenvalue weighted by atomic mass is 9.82. The van der Waals surface area contributed by atoms with Gasteiger partial charge in [0.15, 0.2) is 0 Å². The maximum absolute atomic E-state index is 13.1. The molecule has 3 unspecified atom stereocenters. The molecule has 0 heterocycles. The van der Waals surface area contributed by atoms with Gasteiger partial charge >= 0.3 is 5.97 Å². The molecule has 0 radical (unpaired) electrons. The van der Waals surface area contributed by atoms with E-state index in [2.05, 4.69) is 11.4 Å². The Hall–Kier alpha value is -3.28. The molecule has 2 saturated carbocycles. The number of benzene rings is 2. The third-order valence-electron chi connectivity index (χ3n) is 6.43. The van der Waals surface area contributed by atoms with Crippen LogP contribution in [0.25, 0.3) is 6.08 Å². The second-order valence-corrected chi connectivity index (χ2v) is 8.26. The van der Waals surface area contributed by atoms with Crippen molar-refractivity contribution in [1.82, 2.24) is 5.32 Å². The van der Waals surface area contributed by atoms with Gasteiger partial charge in [-0.3, -0.25) is 4.79 Å². The summed E-state index contributed by atoms with van der Waals surface area (Å²) in [5, 5.41) is 12.1. The summed E-state index contributed by atoms with van der Waals surface area (Å²) in [7, 11) is 3.25. The van der Waals surface area contributed by atoms with Crippen molar-refractivity contribution in [3.8, 4) is 11.5 Å². The number of rotatable bonds is 7. The standard InChI is InChI=1S/C25H27NO5/c1-30-20-9-16(10-21(13-20)31-2)11-22-18-7-8-19(12-18)23(22)24(27)26-14-15-3-5-17(6-4-15)25(28)29/h3-6,9-11,13,18-19,23H,7-8,12,14H2,1-2H3,(H,26,27)(H,28,29). The van der Waals surface area contributed by atoms with E-state index in [4.69, 9.17) is 14.6 Å². The molecule has 2 aromatic rings. The summed E-state index contributed by atoms with van der Waals surface area (Å²) in [6.45, 7) is 0.382. The highest BCUT2D eigenvalue weighted by atomic mass is 16.5. The zero-order chi connectivity index (χ0) is 22.0. The average molecular weight is 421 g/mol. The van der Waals surface area contributed by atoms with Gasteiger partial charge in [0, 0.05) is 12.6 Å². The number of aromatic carboxylic acids is 1. The zero-order valence-electron chi connectivity index (χ0n) is 17.8. The third-order valence-corrected chi connectivity index (χ3v) is 6.43. The van der Waals surface area contributed by atoms with Crippen LogP contribution in [-0.4, -0.2) is 31.2 Å². The van der Waals surface area contributed by atoms with E-state index in [-0.39, 0.29) is 17.4 Å². The molecule has 2 fully saturated rings. The Morgan fingerprint density at radius 3 is 2.35 bits per heavy atom. The first-order valence-corrected chi connectivity index (χ1v) is 10.5. The number of ether oxygens (including phenoxy) is 2. The minimum Gasteiger partial charge on any atom is -0.497 e. The molecule has 2 aromatic carbocycles. The van der Waals surface area contributed by atoms with Gasteiger partial charge in [-0.2, -0.15) is 0 Å². The molecule has 6 nitrogen and oxygen atoms in total. The Morgan fingerprint density at radius 1 is 1.06 bits per heavy atom. The Bertz CT molecular complexity index is 989. The van der Waals surface area contributed by atoms with Gasteiger partial charge in [0.25, 0.3) is 0 Å². The lowest BCUT2D eigenvalue weighted by molar-refractivity contribution is -0.125. The number of amides is 1. The fraction of sp³-hybridized carbons (Fsp3) is 0.360. The molecule has 0 spiro atoms. The molecule has 0 aliphatic heterocycles. The Kier molecular flexibility index (Phi) is 5.98. The summed E-state index contributed by atoms with van der Waals surface area (Å²) < 4.78 is 10.8. The van der Waals surface area contributed by atoms with Crippen LogP contribution < -0.4 is 14.8 Å². The Morgan fingerprint density at radius 2 is 1.74 bits per heavy atom. The number of carboxylic acid groups (broad SMARTS) is 1. The van der Waals surface area contributed by atoms with Crippen molar-refractivity contribution in [3.05, 3.63) is 64.7 Å². The van der Waals surface area contributed by atoms with Gasteiger partial charge in [0.05, 0.1) is 25.7 Å². The van der Waals surface area contributed by atoms with Crippen molar-refractivity contribution in [2.75, 3.05) is 14.2 Å². The number of hydrogen-bond donors (Lipinski definition) is 2. The second-order valence-electron chi connectivity index (χ2n) is 8.26. The number of carbonyl (C=O) groups is 2. The van der Waals surface area contributed by atoms with Crippen LogP contribution in [0.3, 0.4) is 0 Å². The van der Waals surface area contributed by atoms with Crippen molar-refractivity contribution in [1.29, 1.82) is 0 Å². The summed E-state index contributed by atoms with van der Waals surface area (Å²) in [5.74, 6) is 1.21. The number of methoxy groups -OCH3 is 2. The number of carbonyl (C=O) groups excluding carboxylic acids is 1. The summed E-state index contributed by atoms with van der Waals surface area (Å²) in [6, 6.07) is 12.4. The maximum atomic E-state index is 13.1. The van der Waals surface area contributed by atoms with Gasteiger partial charge in [-0.25, -0.2) is 4.79 Å².